The Balaban J connectivity index is 1.55. The molecule has 1 fully saturated rings. The first-order chi connectivity index (χ1) is 14.2. The summed E-state index contributed by atoms with van der Waals surface area (Å²) in [6, 6.07) is 10.9. The van der Waals surface area contributed by atoms with E-state index >= 15 is 0 Å². The van der Waals surface area contributed by atoms with Gasteiger partial charge in [-0.2, -0.15) is 0 Å². The van der Waals surface area contributed by atoms with Crippen molar-refractivity contribution in [2.45, 2.75) is 19.8 Å². The van der Waals surface area contributed by atoms with Gasteiger partial charge >= 0.3 is 0 Å². The van der Waals surface area contributed by atoms with Gasteiger partial charge in [0, 0.05) is 13.0 Å². The number of amides is 2. The monoisotopic (exact) mass is 498 g/mol. The van der Waals surface area contributed by atoms with Crippen LogP contribution < -0.4 is 5.32 Å². The molecule has 1 N–H and O–H groups in total. The number of hydrogen-bond donors (Lipinski definition) is 1. The zero-order chi connectivity index (χ0) is 21.8. The third-order valence-corrected chi connectivity index (χ3v) is 6.73. The van der Waals surface area contributed by atoms with Gasteiger partial charge in [0.25, 0.3) is 5.91 Å². The van der Waals surface area contributed by atoms with Crippen LogP contribution in [0.5, 0.6) is 0 Å². The highest BCUT2D eigenvalue weighted by Gasteiger charge is 2.31. The first-order valence-electron chi connectivity index (χ1n) is 9.01. The molecule has 0 unspecified atom stereocenters. The molecule has 2 amide bonds. The van der Waals surface area contributed by atoms with Crippen LogP contribution in [-0.4, -0.2) is 27.6 Å². The second-order valence-electron chi connectivity index (χ2n) is 6.64. The molecule has 1 heterocycles. The number of halogens is 3. The van der Waals surface area contributed by atoms with Gasteiger partial charge in [-0.3, -0.25) is 14.5 Å². The highest BCUT2D eigenvalue weighted by atomic mass is 35.5. The van der Waals surface area contributed by atoms with Gasteiger partial charge in [-0.25, -0.2) is 0 Å². The van der Waals surface area contributed by atoms with Crippen molar-refractivity contribution in [3.63, 3.8) is 0 Å². The van der Waals surface area contributed by atoms with Crippen LogP contribution >= 0.6 is 58.8 Å². The minimum absolute atomic E-state index is 0.140. The smallest absolute Gasteiger partial charge is 0.266 e. The fourth-order valence-corrected chi connectivity index (χ4v) is 4.64. The van der Waals surface area contributed by atoms with E-state index in [0.717, 1.165) is 11.1 Å². The van der Waals surface area contributed by atoms with E-state index in [2.05, 4.69) is 5.32 Å². The zero-order valence-corrected chi connectivity index (χ0v) is 19.8. The number of hydrogen-bond acceptors (Lipinski definition) is 4. The van der Waals surface area contributed by atoms with Crippen molar-refractivity contribution >= 4 is 86.7 Å². The lowest BCUT2D eigenvalue weighted by molar-refractivity contribution is -0.122. The SMILES string of the molecule is Cc1ccc(C=C2SC(=S)N(CCCC(=O)Nc3cc(Cl)c(Cl)cc3Cl)C2=O)cc1. The molecule has 2 aromatic carbocycles. The molecule has 0 spiro atoms. The minimum atomic E-state index is -0.240. The van der Waals surface area contributed by atoms with Gasteiger partial charge in [0.2, 0.25) is 5.91 Å². The van der Waals surface area contributed by atoms with E-state index in [4.69, 9.17) is 47.0 Å². The predicted molar refractivity (Wildman–Crippen MR) is 130 cm³/mol. The summed E-state index contributed by atoms with van der Waals surface area (Å²) in [6.07, 6.45) is 2.48. The number of carbonyl (C=O) groups excluding carboxylic acids is 2. The van der Waals surface area contributed by atoms with Crippen LogP contribution in [0.1, 0.15) is 24.0 Å². The molecule has 0 bridgehead atoms. The average Bonchev–Trinajstić information content (AvgIpc) is 2.95. The van der Waals surface area contributed by atoms with Gasteiger partial charge in [-0.05, 0) is 37.1 Å². The van der Waals surface area contributed by atoms with E-state index in [1.807, 2.05) is 37.3 Å². The van der Waals surface area contributed by atoms with Crippen LogP contribution in [0.15, 0.2) is 41.3 Å². The molecule has 0 radical (unpaired) electrons. The number of thiocarbonyl (C=S) groups is 1. The van der Waals surface area contributed by atoms with E-state index in [1.54, 1.807) is 0 Å². The second-order valence-corrected chi connectivity index (χ2v) is 9.54. The molecular formula is C21H17Cl3N2O2S2. The van der Waals surface area contributed by atoms with Crippen molar-refractivity contribution in [1.29, 1.82) is 0 Å². The molecule has 0 aliphatic carbocycles. The van der Waals surface area contributed by atoms with Crippen LogP contribution in [0.2, 0.25) is 15.1 Å². The summed E-state index contributed by atoms with van der Waals surface area (Å²) in [7, 11) is 0. The Morgan fingerprint density at radius 3 is 2.50 bits per heavy atom. The molecule has 1 aliphatic heterocycles. The minimum Gasteiger partial charge on any atom is -0.325 e. The maximum absolute atomic E-state index is 12.7. The molecule has 3 rings (SSSR count). The van der Waals surface area contributed by atoms with Crippen LogP contribution in [-0.2, 0) is 9.59 Å². The summed E-state index contributed by atoms with van der Waals surface area (Å²) in [5.74, 6) is -0.380. The average molecular weight is 500 g/mol. The van der Waals surface area contributed by atoms with Crippen molar-refractivity contribution in [1.82, 2.24) is 4.90 Å². The molecule has 0 aromatic heterocycles. The summed E-state index contributed by atoms with van der Waals surface area (Å²) < 4.78 is 0.492. The number of rotatable bonds is 6. The van der Waals surface area contributed by atoms with E-state index in [0.29, 0.717) is 42.9 Å². The third-order valence-electron chi connectivity index (χ3n) is 4.32. The van der Waals surface area contributed by atoms with Crippen LogP contribution in [0, 0.1) is 6.92 Å². The quantitative estimate of drug-likeness (QED) is 0.277. The van der Waals surface area contributed by atoms with Crippen LogP contribution in [0.25, 0.3) is 6.08 Å². The molecule has 2 aromatic rings. The number of anilines is 1. The Labute approximate surface area is 199 Å². The molecular weight excluding hydrogens is 483 g/mol. The fourth-order valence-electron chi connectivity index (χ4n) is 2.74. The number of nitrogens with zero attached hydrogens (tertiary/aromatic N) is 1. The molecule has 0 saturated carbocycles. The van der Waals surface area contributed by atoms with Crippen LogP contribution in [0.4, 0.5) is 5.69 Å². The molecule has 1 aliphatic rings. The first kappa shape index (κ1) is 23.1. The van der Waals surface area contributed by atoms with Gasteiger partial charge in [0.05, 0.1) is 25.7 Å². The number of thioether (sulfide) groups is 1. The Morgan fingerprint density at radius 1 is 1.13 bits per heavy atom. The maximum Gasteiger partial charge on any atom is 0.266 e. The predicted octanol–water partition coefficient (Wildman–Crippen LogP) is 6.58. The third kappa shape index (κ3) is 5.77. The number of nitrogens with one attached hydrogen (secondary N) is 1. The van der Waals surface area contributed by atoms with Crippen molar-refractivity contribution < 1.29 is 9.59 Å². The highest BCUT2D eigenvalue weighted by Crippen LogP contribution is 2.34. The molecule has 9 heteroatoms. The molecule has 4 nitrogen and oxygen atoms in total. The van der Waals surface area contributed by atoms with Crippen molar-refractivity contribution in [2.24, 2.45) is 0 Å². The van der Waals surface area contributed by atoms with E-state index in [-0.39, 0.29) is 18.2 Å². The maximum atomic E-state index is 12.7. The van der Waals surface area contributed by atoms with Crippen molar-refractivity contribution in [2.75, 3.05) is 11.9 Å². The Morgan fingerprint density at radius 2 is 1.80 bits per heavy atom. The lowest BCUT2D eigenvalue weighted by atomic mass is 10.1. The van der Waals surface area contributed by atoms with E-state index in [1.165, 1.54) is 28.8 Å². The highest BCUT2D eigenvalue weighted by molar-refractivity contribution is 8.26. The van der Waals surface area contributed by atoms with Crippen molar-refractivity contribution in [3.8, 4) is 0 Å². The van der Waals surface area contributed by atoms with E-state index in [9.17, 15) is 9.59 Å². The van der Waals surface area contributed by atoms with Gasteiger partial charge in [-0.15, -0.1) is 0 Å². The molecule has 1 saturated heterocycles. The van der Waals surface area contributed by atoms with Crippen LogP contribution in [0.3, 0.4) is 0 Å². The van der Waals surface area contributed by atoms with E-state index < -0.39 is 0 Å². The summed E-state index contributed by atoms with van der Waals surface area (Å²) >= 11 is 24.5. The standard InChI is InChI=1S/C21H17Cl3N2O2S2/c1-12-4-6-13(7-5-12)9-18-20(28)26(21(29)30-18)8-2-3-19(27)25-17-11-15(23)14(22)10-16(17)24/h4-7,9-11H,2-3,8H2,1H3,(H,25,27). The molecule has 30 heavy (non-hydrogen) atoms. The molecule has 156 valence electrons. The van der Waals surface area contributed by atoms with Crippen molar-refractivity contribution in [3.05, 3.63) is 67.5 Å². The second kappa shape index (κ2) is 10.2. The fraction of sp³-hybridized carbons (Fsp3) is 0.190. The Kier molecular flexibility index (Phi) is 7.82. The summed E-state index contributed by atoms with van der Waals surface area (Å²) in [4.78, 5) is 27.0. The normalized spacial score (nSPS) is 15.2. The lowest BCUT2D eigenvalue weighted by Crippen LogP contribution is -2.29. The topological polar surface area (TPSA) is 49.4 Å². The van der Waals surface area contributed by atoms with Gasteiger partial charge in [0.15, 0.2) is 0 Å². The lowest BCUT2D eigenvalue weighted by Gasteiger charge is -2.14. The Bertz CT molecular complexity index is 1040. The number of aryl methyl sites for hydroxylation is 1. The van der Waals surface area contributed by atoms with Gasteiger partial charge in [-0.1, -0.05) is 88.6 Å². The summed E-state index contributed by atoms with van der Waals surface area (Å²) in [5.41, 5.74) is 2.49. The largest absolute Gasteiger partial charge is 0.325 e. The van der Waals surface area contributed by atoms with Gasteiger partial charge in [0.1, 0.15) is 4.32 Å². The van der Waals surface area contributed by atoms with Gasteiger partial charge < -0.3 is 5.32 Å². The zero-order valence-electron chi connectivity index (χ0n) is 15.9. The first-order valence-corrected chi connectivity index (χ1v) is 11.4. The number of benzene rings is 2. The number of carbonyl (C=O) groups is 2. The Hall–Kier alpha value is -1.57. The molecule has 0 atom stereocenters. The summed E-state index contributed by atoms with van der Waals surface area (Å²) in [6.45, 7) is 2.37. The summed E-state index contributed by atoms with van der Waals surface area (Å²) in [5, 5.41) is 3.62.